The van der Waals surface area contributed by atoms with Gasteiger partial charge in [-0.05, 0) is 162 Å². The van der Waals surface area contributed by atoms with Crippen LogP contribution in [0.25, 0.3) is 24.3 Å². The second kappa shape index (κ2) is 20.3. The lowest BCUT2D eigenvalue weighted by atomic mass is 10.1. The smallest absolute Gasteiger partial charge is 0.330 e. The molecule has 6 nitrogen and oxygen atoms in total. The van der Waals surface area contributed by atoms with E-state index in [9.17, 15) is 4.79 Å². The highest BCUT2D eigenvalue weighted by Crippen LogP contribution is 2.37. The van der Waals surface area contributed by atoms with Gasteiger partial charge in [-0.25, -0.2) is 4.79 Å². The van der Waals surface area contributed by atoms with Gasteiger partial charge in [-0.15, -0.1) is 0 Å². The third-order valence-corrected chi connectivity index (χ3v) is 11.6. The molecule has 7 aromatic carbocycles. The minimum absolute atomic E-state index is 0.197. The number of hydrogen-bond donors (Lipinski definition) is 0. The van der Waals surface area contributed by atoms with Gasteiger partial charge in [-0.2, -0.15) is 0 Å². The lowest BCUT2D eigenvalue weighted by Crippen LogP contribution is -2.10. The van der Waals surface area contributed by atoms with E-state index in [0.29, 0.717) is 13.2 Å². The second-order valence-corrected chi connectivity index (χ2v) is 16.3. The van der Waals surface area contributed by atoms with Crippen LogP contribution in [0.1, 0.15) is 55.6 Å². The Kier molecular flexibility index (Phi) is 13.8. The van der Waals surface area contributed by atoms with Crippen LogP contribution < -0.4 is 9.80 Å². The van der Waals surface area contributed by atoms with Gasteiger partial charge in [0.15, 0.2) is 0 Å². The van der Waals surface area contributed by atoms with E-state index in [1.165, 1.54) is 28.3 Å². The van der Waals surface area contributed by atoms with Crippen molar-refractivity contribution in [2.75, 3.05) is 23.0 Å². The van der Waals surface area contributed by atoms with Crippen LogP contribution in [-0.2, 0) is 32.2 Å². The molecule has 0 bridgehead atoms. The molecule has 6 heteroatoms. The molecule has 0 amide bonds. The largest absolute Gasteiger partial charge is 0.458 e. The van der Waals surface area contributed by atoms with E-state index in [1.54, 1.807) is 0 Å². The summed E-state index contributed by atoms with van der Waals surface area (Å²) < 4.78 is 16.4. The zero-order chi connectivity index (χ0) is 44.4. The first-order valence-electron chi connectivity index (χ1n) is 21.8. The van der Waals surface area contributed by atoms with Gasteiger partial charge < -0.3 is 24.0 Å². The van der Waals surface area contributed by atoms with Crippen LogP contribution >= 0.6 is 0 Å². The molecule has 64 heavy (non-hydrogen) atoms. The predicted molar refractivity (Wildman–Crippen MR) is 265 cm³/mol. The normalized spacial score (nSPS) is 13.3. The van der Waals surface area contributed by atoms with E-state index in [2.05, 4.69) is 214 Å². The molecule has 0 aliphatic carbocycles. The summed E-state index contributed by atoms with van der Waals surface area (Å²) in [6, 6.07) is 55.8. The summed E-state index contributed by atoms with van der Waals surface area (Å²) in [5.74, 6) is -0.435. The van der Waals surface area contributed by atoms with Gasteiger partial charge in [0.1, 0.15) is 12.7 Å². The Balaban J connectivity index is 0.952. The molecule has 1 heterocycles. The number of anilines is 6. The monoisotopic (exact) mass is 842 g/mol. The number of rotatable bonds is 17. The molecule has 0 saturated carbocycles. The molecular formula is C58H54N2O4. The highest BCUT2D eigenvalue weighted by molar-refractivity contribution is 5.82. The van der Waals surface area contributed by atoms with Crippen molar-refractivity contribution >= 4 is 64.4 Å². The number of hydrogen-bond acceptors (Lipinski definition) is 6. The molecule has 1 fully saturated rings. The quantitative estimate of drug-likeness (QED) is 0.0394. The Labute approximate surface area is 378 Å². The maximum Gasteiger partial charge on any atom is 0.330 e. The summed E-state index contributed by atoms with van der Waals surface area (Å²) in [6.45, 7) is 14.3. The van der Waals surface area contributed by atoms with Crippen LogP contribution in [0.2, 0.25) is 0 Å². The van der Waals surface area contributed by atoms with Crippen molar-refractivity contribution in [2.24, 2.45) is 0 Å². The van der Waals surface area contributed by atoms with Crippen LogP contribution in [0.15, 0.2) is 170 Å². The Morgan fingerprint density at radius 3 is 1.36 bits per heavy atom. The maximum atomic E-state index is 11.6. The van der Waals surface area contributed by atoms with Crippen molar-refractivity contribution in [3.8, 4) is 0 Å². The highest BCUT2D eigenvalue weighted by atomic mass is 16.6. The molecule has 1 atom stereocenters. The van der Waals surface area contributed by atoms with Gasteiger partial charge in [0.25, 0.3) is 0 Å². The number of nitrogens with zero attached hydrogens (tertiary/aromatic N) is 2. The molecule has 1 aliphatic rings. The van der Waals surface area contributed by atoms with Crippen molar-refractivity contribution < 1.29 is 19.0 Å². The molecule has 0 radical (unpaired) electrons. The fourth-order valence-corrected chi connectivity index (χ4v) is 7.41. The van der Waals surface area contributed by atoms with Gasteiger partial charge in [0.2, 0.25) is 0 Å². The van der Waals surface area contributed by atoms with E-state index in [-0.39, 0.29) is 12.7 Å². The van der Waals surface area contributed by atoms with E-state index >= 15 is 0 Å². The average Bonchev–Trinajstić information content (AvgIpc) is 4.16. The average molecular weight is 843 g/mol. The predicted octanol–water partition coefficient (Wildman–Crippen LogP) is 14.3. The number of benzene rings is 7. The summed E-state index contributed by atoms with van der Waals surface area (Å²) in [5.41, 5.74) is 17.9. The van der Waals surface area contributed by atoms with Gasteiger partial charge in [0, 0.05) is 40.2 Å². The van der Waals surface area contributed by atoms with Crippen molar-refractivity contribution in [2.45, 2.75) is 47.0 Å². The van der Waals surface area contributed by atoms with E-state index < -0.39 is 5.97 Å². The zero-order valence-corrected chi connectivity index (χ0v) is 37.0. The summed E-state index contributed by atoms with van der Waals surface area (Å²) in [4.78, 5) is 16.2. The third kappa shape index (κ3) is 11.2. The minimum atomic E-state index is -0.435. The van der Waals surface area contributed by atoms with Crippen LogP contribution in [0.5, 0.6) is 0 Å². The molecule has 1 aliphatic heterocycles. The van der Waals surface area contributed by atoms with Gasteiger partial charge >= 0.3 is 5.97 Å². The van der Waals surface area contributed by atoms with Crippen molar-refractivity contribution in [1.82, 2.24) is 0 Å². The minimum Gasteiger partial charge on any atom is -0.458 e. The number of esters is 1. The third-order valence-electron chi connectivity index (χ3n) is 11.6. The SMILES string of the molecule is C=CC(=O)OCc1ccc(N(c2ccc(C=Cc3cccc(C=Cc4ccc(N(c5ccc(COCC6CO6)cc5)c5ccc(C)c(C)c5)cc4)c3)cc2)c2ccc(C)c(C)c2)cc1. The van der Waals surface area contributed by atoms with Gasteiger partial charge in [0.05, 0.1) is 19.8 Å². The Bertz CT molecular complexity index is 2770. The Morgan fingerprint density at radius 1 is 0.531 bits per heavy atom. The van der Waals surface area contributed by atoms with E-state index in [1.807, 2.05) is 12.1 Å². The molecule has 0 spiro atoms. The summed E-state index contributed by atoms with van der Waals surface area (Å²) in [7, 11) is 0. The molecule has 0 N–H and O–H groups in total. The first-order chi connectivity index (χ1) is 31.2. The lowest BCUT2D eigenvalue weighted by Gasteiger charge is -2.26. The fourth-order valence-electron chi connectivity index (χ4n) is 7.41. The number of carbonyl (C=O) groups excluding carboxylic acids is 1. The molecule has 7 aromatic rings. The summed E-state index contributed by atoms with van der Waals surface area (Å²) in [5, 5.41) is 0. The summed E-state index contributed by atoms with van der Waals surface area (Å²) in [6.07, 6.45) is 10.1. The number of ether oxygens (including phenoxy) is 3. The van der Waals surface area contributed by atoms with E-state index in [0.717, 1.165) is 74.1 Å². The Hall–Kier alpha value is -7.25. The van der Waals surface area contributed by atoms with Gasteiger partial charge in [-0.3, -0.25) is 0 Å². The standard InChI is InChI=1S/C58H54N2O4/c1-6-58(61)64-38-50-22-32-54(33-23-50)60(56-25-11-42(3)44(5)35-56)52-28-18-46(19-29-52)13-15-48-9-7-8-47(36-48)14-12-45-16-26-51(27-17-45)59(55-24-10-41(2)43(4)34-55)53-30-20-49(21-31-53)37-62-39-57-40-63-57/h6-36,57H,1,37-40H2,2-5H3. The molecule has 320 valence electrons. The number of epoxide rings is 1. The maximum absolute atomic E-state index is 11.6. The van der Waals surface area contributed by atoms with Crippen LogP contribution in [0.4, 0.5) is 34.1 Å². The van der Waals surface area contributed by atoms with Crippen LogP contribution in [-0.4, -0.2) is 25.3 Å². The first kappa shape index (κ1) is 43.4. The van der Waals surface area contributed by atoms with Crippen LogP contribution in [0.3, 0.4) is 0 Å². The zero-order valence-electron chi connectivity index (χ0n) is 37.0. The molecular weight excluding hydrogens is 789 g/mol. The lowest BCUT2D eigenvalue weighted by molar-refractivity contribution is -0.138. The van der Waals surface area contributed by atoms with Gasteiger partial charge in [-0.1, -0.05) is 110 Å². The second-order valence-electron chi connectivity index (χ2n) is 16.3. The molecule has 0 aromatic heterocycles. The highest BCUT2D eigenvalue weighted by Gasteiger charge is 2.22. The molecule has 1 saturated heterocycles. The van der Waals surface area contributed by atoms with Crippen molar-refractivity contribution in [3.05, 3.63) is 226 Å². The molecule has 1 unspecified atom stereocenters. The topological polar surface area (TPSA) is 54.5 Å². The van der Waals surface area contributed by atoms with Crippen molar-refractivity contribution in [3.63, 3.8) is 0 Å². The van der Waals surface area contributed by atoms with E-state index in [4.69, 9.17) is 14.2 Å². The summed E-state index contributed by atoms with van der Waals surface area (Å²) >= 11 is 0. The van der Waals surface area contributed by atoms with Crippen molar-refractivity contribution in [1.29, 1.82) is 0 Å². The Morgan fingerprint density at radius 2 is 0.938 bits per heavy atom. The number of carbonyl (C=O) groups is 1. The van der Waals surface area contributed by atoms with Crippen LogP contribution in [0, 0.1) is 27.7 Å². The number of aryl methyl sites for hydroxylation is 4. The first-order valence-corrected chi connectivity index (χ1v) is 21.8. The molecule has 8 rings (SSSR count). The fraction of sp³-hybridized carbons (Fsp3) is 0.155.